The van der Waals surface area contributed by atoms with Crippen molar-refractivity contribution in [2.24, 2.45) is 5.92 Å². The molecule has 1 saturated carbocycles. The molecule has 2 aliphatic rings. The minimum atomic E-state index is -0.920. The normalized spacial score (nSPS) is 24.5. The second kappa shape index (κ2) is 6.03. The van der Waals surface area contributed by atoms with Gasteiger partial charge in [0.2, 0.25) is 5.91 Å². The first kappa shape index (κ1) is 15.9. The number of nitrogens with zero attached hydrogens (tertiary/aromatic N) is 1. The Bertz CT molecular complexity index is 845. The highest BCUT2D eigenvalue weighted by Crippen LogP contribution is 2.50. The number of rotatable bonds is 3. The zero-order valence-corrected chi connectivity index (χ0v) is 14.2. The van der Waals surface area contributed by atoms with E-state index in [1.165, 1.54) is 11.1 Å². The van der Waals surface area contributed by atoms with Gasteiger partial charge in [-0.15, -0.1) is 0 Å². The van der Waals surface area contributed by atoms with Crippen molar-refractivity contribution in [3.63, 3.8) is 0 Å². The van der Waals surface area contributed by atoms with E-state index in [2.05, 4.69) is 19.1 Å². The van der Waals surface area contributed by atoms with Crippen molar-refractivity contribution in [2.75, 3.05) is 0 Å². The van der Waals surface area contributed by atoms with E-state index in [1.807, 2.05) is 36.4 Å². The van der Waals surface area contributed by atoms with Crippen LogP contribution in [0.25, 0.3) is 0 Å². The molecule has 25 heavy (non-hydrogen) atoms. The van der Waals surface area contributed by atoms with E-state index in [0.29, 0.717) is 13.0 Å². The van der Waals surface area contributed by atoms with Gasteiger partial charge in [-0.3, -0.25) is 4.79 Å². The molecule has 4 heteroatoms. The molecule has 1 amide bonds. The van der Waals surface area contributed by atoms with Crippen LogP contribution in [0.3, 0.4) is 0 Å². The molecule has 1 aliphatic heterocycles. The number of hydrogen-bond acceptors (Lipinski definition) is 2. The first-order chi connectivity index (χ1) is 12.1. The summed E-state index contributed by atoms with van der Waals surface area (Å²) < 4.78 is 0. The molecule has 128 valence electrons. The Morgan fingerprint density at radius 2 is 1.72 bits per heavy atom. The van der Waals surface area contributed by atoms with Gasteiger partial charge < -0.3 is 10.0 Å². The van der Waals surface area contributed by atoms with Crippen LogP contribution in [-0.4, -0.2) is 27.9 Å². The fourth-order valence-corrected chi connectivity index (χ4v) is 4.00. The molecule has 1 fully saturated rings. The standard InChI is InChI=1S/C21H21NO3/c1-13-6-2-5-9-16(13)17-11-18(17)20(23)22-12-15-8-4-3-7-14(15)10-19(22)21(24)25/h2-9,17-19H,10-12H2,1H3,(H,24,25). The molecule has 2 aromatic carbocycles. The van der Waals surface area contributed by atoms with E-state index in [9.17, 15) is 14.7 Å². The summed E-state index contributed by atoms with van der Waals surface area (Å²) >= 11 is 0. The second-order valence-corrected chi connectivity index (χ2v) is 7.10. The molecule has 0 spiro atoms. The number of carboxylic acid groups (broad SMARTS) is 1. The number of aliphatic carboxylic acids is 1. The second-order valence-electron chi connectivity index (χ2n) is 7.10. The van der Waals surface area contributed by atoms with Crippen LogP contribution in [0, 0.1) is 12.8 Å². The maximum absolute atomic E-state index is 13.0. The Morgan fingerprint density at radius 3 is 2.44 bits per heavy atom. The van der Waals surface area contributed by atoms with Crippen LogP contribution in [0.15, 0.2) is 48.5 Å². The van der Waals surface area contributed by atoms with Crippen LogP contribution < -0.4 is 0 Å². The minimum Gasteiger partial charge on any atom is -0.480 e. The highest BCUT2D eigenvalue weighted by molar-refractivity contribution is 5.88. The quantitative estimate of drug-likeness (QED) is 0.937. The molecule has 0 bridgehead atoms. The number of benzene rings is 2. The number of amides is 1. The number of carbonyl (C=O) groups is 2. The highest BCUT2D eigenvalue weighted by atomic mass is 16.4. The van der Waals surface area contributed by atoms with Gasteiger partial charge >= 0.3 is 5.97 Å². The molecule has 1 aliphatic carbocycles. The third-order valence-corrected chi connectivity index (χ3v) is 5.51. The van der Waals surface area contributed by atoms with Gasteiger partial charge in [0.25, 0.3) is 0 Å². The van der Waals surface area contributed by atoms with Gasteiger partial charge in [0, 0.05) is 18.9 Å². The average molecular weight is 335 g/mol. The van der Waals surface area contributed by atoms with Gasteiger partial charge in [-0.2, -0.15) is 0 Å². The van der Waals surface area contributed by atoms with Crippen molar-refractivity contribution in [1.82, 2.24) is 4.90 Å². The van der Waals surface area contributed by atoms with Crippen molar-refractivity contribution in [2.45, 2.75) is 38.3 Å². The lowest BCUT2D eigenvalue weighted by Gasteiger charge is -2.34. The van der Waals surface area contributed by atoms with E-state index in [0.717, 1.165) is 17.5 Å². The lowest BCUT2D eigenvalue weighted by atomic mass is 9.93. The molecule has 2 aromatic rings. The van der Waals surface area contributed by atoms with Crippen molar-refractivity contribution in [1.29, 1.82) is 0 Å². The fourth-order valence-electron chi connectivity index (χ4n) is 4.00. The SMILES string of the molecule is Cc1ccccc1C1CC1C(=O)N1Cc2ccccc2CC1C(=O)O. The smallest absolute Gasteiger partial charge is 0.326 e. The maximum atomic E-state index is 13.0. The number of hydrogen-bond donors (Lipinski definition) is 1. The maximum Gasteiger partial charge on any atom is 0.326 e. The molecule has 3 unspecified atom stereocenters. The van der Waals surface area contributed by atoms with Crippen molar-refractivity contribution < 1.29 is 14.7 Å². The number of aryl methyl sites for hydroxylation is 1. The lowest BCUT2D eigenvalue weighted by Crippen LogP contribution is -2.49. The number of carboxylic acids is 1. The average Bonchev–Trinajstić information content (AvgIpc) is 3.40. The molecule has 0 aromatic heterocycles. The third kappa shape index (κ3) is 2.82. The first-order valence-electron chi connectivity index (χ1n) is 8.72. The van der Waals surface area contributed by atoms with Crippen molar-refractivity contribution >= 4 is 11.9 Å². The summed E-state index contributed by atoms with van der Waals surface area (Å²) in [6.07, 6.45) is 1.20. The molecular formula is C21H21NO3. The molecule has 0 saturated heterocycles. The topological polar surface area (TPSA) is 57.6 Å². The Morgan fingerprint density at radius 1 is 1.04 bits per heavy atom. The van der Waals surface area contributed by atoms with Gasteiger partial charge in [-0.05, 0) is 41.5 Å². The third-order valence-electron chi connectivity index (χ3n) is 5.51. The van der Waals surface area contributed by atoms with Crippen LogP contribution >= 0.6 is 0 Å². The Hall–Kier alpha value is -2.62. The molecule has 3 atom stereocenters. The van der Waals surface area contributed by atoms with E-state index >= 15 is 0 Å². The van der Waals surface area contributed by atoms with Crippen LogP contribution in [0.4, 0.5) is 0 Å². The van der Waals surface area contributed by atoms with Gasteiger partial charge in [-0.25, -0.2) is 4.79 Å². The van der Waals surface area contributed by atoms with Gasteiger partial charge in [-0.1, -0.05) is 48.5 Å². The molecule has 4 rings (SSSR count). The van der Waals surface area contributed by atoms with Crippen LogP contribution in [0.5, 0.6) is 0 Å². The predicted molar refractivity (Wildman–Crippen MR) is 94.1 cm³/mol. The zero-order valence-electron chi connectivity index (χ0n) is 14.2. The van der Waals surface area contributed by atoms with E-state index in [4.69, 9.17) is 0 Å². The number of carbonyl (C=O) groups excluding carboxylic acids is 1. The summed E-state index contributed by atoms with van der Waals surface area (Å²) in [4.78, 5) is 26.4. The summed E-state index contributed by atoms with van der Waals surface area (Å²) in [5.41, 5.74) is 4.50. The first-order valence-corrected chi connectivity index (χ1v) is 8.72. The summed E-state index contributed by atoms with van der Waals surface area (Å²) in [6.45, 7) is 2.45. The monoisotopic (exact) mass is 335 g/mol. The molecule has 1 N–H and O–H groups in total. The van der Waals surface area contributed by atoms with Crippen LogP contribution in [0.2, 0.25) is 0 Å². The summed E-state index contributed by atoms with van der Waals surface area (Å²) in [5.74, 6) is -0.806. The van der Waals surface area contributed by atoms with Gasteiger partial charge in [0.05, 0.1) is 0 Å². The van der Waals surface area contributed by atoms with Crippen molar-refractivity contribution in [3.8, 4) is 0 Å². The molecular weight excluding hydrogens is 314 g/mol. The minimum absolute atomic E-state index is 0.0184. The summed E-state index contributed by atoms with van der Waals surface area (Å²) in [6, 6.07) is 15.2. The molecule has 1 heterocycles. The zero-order chi connectivity index (χ0) is 17.6. The summed E-state index contributed by atoms with van der Waals surface area (Å²) in [5, 5.41) is 9.62. The summed E-state index contributed by atoms with van der Waals surface area (Å²) in [7, 11) is 0. The van der Waals surface area contributed by atoms with Gasteiger partial charge in [0.15, 0.2) is 0 Å². The molecule has 4 nitrogen and oxygen atoms in total. The Kier molecular flexibility index (Phi) is 3.83. The Balaban J connectivity index is 1.57. The van der Waals surface area contributed by atoms with Gasteiger partial charge in [0.1, 0.15) is 6.04 Å². The highest BCUT2D eigenvalue weighted by Gasteiger charge is 2.48. The largest absolute Gasteiger partial charge is 0.480 e. The van der Waals surface area contributed by atoms with E-state index in [1.54, 1.807) is 4.90 Å². The van der Waals surface area contributed by atoms with Crippen LogP contribution in [0.1, 0.15) is 34.6 Å². The van der Waals surface area contributed by atoms with E-state index < -0.39 is 12.0 Å². The fraction of sp³-hybridized carbons (Fsp3) is 0.333. The van der Waals surface area contributed by atoms with E-state index in [-0.39, 0.29) is 17.7 Å². The molecule has 0 radical (unpaired) electrons. The Labute approximate surface area is 147 Å². The predicted octanol–water partition coefficient (Wildman–Crippen LogP) is 3.14. The van der Waals surface area contributed by atoms with Crippen molar-refractivity contribution in [3.05, 3.63) is 70.8 Å². The lowest BCUT2D eigenvalue weighted by molar-refractivity contribution is -0.152. The van der Waals surface area contributed by atoms with Crippen LogP contribution in [-0.2, 0) is 22.6 Å². The number of fused-ring (bicyclic) bond motifs is 1.